The van der Waals surface area contributed by atoms with E-state index in [0.29, 0.717) is 5.92 Å². The normalized spacial score (nSPS) is 12.6. The Balaban J connectivity index is 1.82. The first-order valence-corrected chi connectivity index (χ1v) is 7.04. The molecule has 4 nitrogen and oxygen atoms in total. The molecule has 0 spiro atoms. The fourth-order valence-corrected chi connectivity index (χ4v) is 2.59. The smallest absolute Gasteiger partial charge is 0.171 e. The van der Waals surface area contributed by atoms with E-state index in [0.717, 1.165) is 42.3 Å². The molecule has 0 unspecified atom stereocenters. The molecule has 106 valence electrons. The van der Waals surface area contributed by atoms with Gasteiger partial charge in [-0.25, -0.2) is 0 Å². The van der Waals surface area contributed by atoms with E-state index in [1.54, 1.807) is 7.11 Å². The summed E-state index contributed by atoms with van der Waals surface area (Å²) in [5, 5.41) is 7.63. The number of fused-ring (bicyclic) bond motifs is 3. The summed E-state index contributed by atoms with van der Waals surface area (Å²) in [6.45, 7) is 6.15. The van der Waals surface area contributed by atoms with Gasteiger partial charge in [-0.3, -0.25) is 0 Å². The van der Waals surface area contributed by atoms with Crippen LogP contribution < -0.4 is 10.1 Å². The molecule has 1 aromatic heterocycles. The lowest BCUT2D eigenvalue weighted by atomic mass is 10.1. The van der Waals surface area contributed by atoms with Crippen molar-refractivity contribution in [2.24, 2.45) is 5.92 Å². The lowest BCUT2D eigenvalue weighted by molar-refractivity contribution is 0.411. The van der Waals surface area contributed by atoms with E-state index < -0.39 is 0 Å². The van der Waals surface area contributed by atoms with Crippen molar-refractivity contribution in [3.63, 3.8) is 0 Å². The van der Waals surface area contributed by atoms with Crippen LogP contribution >= 0.6 is 0 Å². The molecule has 3 rings (SSSR count). The lowest BCUT2D eigenvalue weighted by Crippen LogP contribution is -2.19. The fourth-order valence-electron chi connectivity index (χ4n) is 2.59. The summed E-state index contributed by atoms with van der Waals surface area (Å²) in [4.78, 5) is 0. The van der Waals surface area contributed by atoms with Crippen molar-refractivity contribution in [3.05, 3.63) is 35.0 Å². The topological polar surface area (TPSA) is 47.3 Å². The zero-order valence-electron chi connectivity index (χ0n) is 12.2. The molecule has 20 heavy (non-hydrogen) atoms. The Morgan fingerprint density at radius 3 is 3.00 bits per heavy atom. The third-order valence-electron chi connectivity index (χ3n) is 3.64. The summed E-state index contributed by atoms with van der Waals surface area (Å²) < 4.78 is 10.8. The molecule has 0 saturated heterocycles. The SMILES string of the molecule is COc1ccc2c(c1)-c1onc(CNCC(C)C)c1C2. The van der Waals surface area contributed by atoms with Crippen LogP contribution in [0.3, 0.4) is 0 Å². The molecule has 0 radical (unpaired) electrons. The number of methoxy groups -OCH3 is 1. The van der Waals surface area contributed by atoms with Gasteiger partial charge in [-0.1, -0.05) is 25.1 Å². The summed E-state index contributed by atoms with van der Waals surface area (Å²) in [5.74, 6) is 2.39. The molecule has 0 amide bonds. The largest absolute Gasteiger partial charge is 0.497 e. The maximum absolute atomic E-state index is 5.55. The number of nitrogens with zero attached hydrogens (tertiary/aromatic N) is 1. The molecule has 0 bridgehead atoms. The molecular weight excluding hydrogens is 252 g/mol. The highest BCUT2D eigenvalue weighted by Gasteiger charge is 2.27. The second kappa shape index (κ2) is 5.29. The van der Waals surface area contributed by atoms with Gasteiger partial charge in [0.15, 0.2) is 5.76 Å². The lowest BCUT2D eigenvalue weighted by Gasteiger charge is -2.05. The average Bonchev–Trinajstić information content (AvgIpc) is 2.97. The molecule has 0 aliphatic heterocycles. The Hall–Kier alpha value is -1.81. The number of hydrogen-bond donors (Lipinski definition) is 1. The minimum Gasteiger partial charge on any atom is -0.497 e. The van der Waals surface area contributed by atoms with Gasteiger partial charge >= 0.3 is 0 Å². The summed E-state index contributed by atoms with van der Waals surface area (Å²) in [7, 11) is 1.68. The highest BCUT2D eigenvalue weighted by Crippen LogP contribution is 2.40. The predicted molar refractivity (Wildman–Crippen MR) is 77.8 cm³/mol. The van der Waals surface area contributed by atoms with Gasteiger partial charge in [0.2, 0.25) is 0 Å². The Morgan fingerprint density at radius 1 is 1.40 bits per heavy atom. The summed E-state index contributed by atoms with van der Waals surface area (Å²) >= 11 is 0. The zero-order valence-corrected chi connectivity index (χ0v) is 12.2. The van der Waals surface area contributed by atoms with E-state index in [2.05, 4.69) is 30.4 Å². The van der Waals surface area contributed by atoms with Gasteiger partial charge < -0.3 is 14.6 Å². The highest BCUT2D eigenvalue weighted by atomic mass is 16.5. The van der Waals surface area contributed by atoms with Crippen LogP contribution in [0.5, 0.6) is 5.75 Å². The van der Waals surface area contributed by atoms with Gasteiger partial charge in [0, 0.05) is 24.1 Å². The molecule has 0 saturated carbocycles. The molecule has 0 atom stereocenters. The van der Waals surface area contributed by atoms with Crippen LogP contribution in [-0.4, -0.2) is 18.8 Å². The summed E-state index contributed by atoms with van der Waals surface area (Å²) in [6.07, 6.45) is 0.900. The van der Waals surface area contributed by atoms with Crippen LogP contribution in [0, 0.1) is 5.92 Å². The number of hydrogen-bond acceptors (Lipinski definition) is 4. The first-order valence-electron chi connectivity index (χ1n) is 7.04. The monoisotopic (exact) mass is 272 g/mol. The Bertz CT molecular complexity index is 617. The number of nitrogens with one attached hydrogen (secondary N) is 1. The first kappa shape index (κ1) is 13.2. The average molecular weight is 272 g/mol. The van der Waals surface area contributed by atoms with Gasteiger partial charge in [-0.2, -0.15) is 0 Å². The quantitative estimate of drug-likeness (QED) is 0.775. The van der Waals surface area contributed by atoms with Crippen molar-refractivity contribution in [3.8, 4) is 17.1 Å². The predicted octanol–water partition coefficient (Wildman–Crippen LogP) is 3.00. The van der Waals surface area contributed by atoms with Gasteiger partial charge in [-0.05, 0) is 30.2 Å². The molecular formula is C16H20N2O2. The number of benzene rings is 1. The zero-order chi connectivity index (χ0) is 14.1. The van der Waals surface area contributed by atoms with Gasteiger partial charge in [0.1, 0.15) is 11.4 Å². The van der Waals surface area contributed by atoms with Crippen molar-refractivity contribution in [1.29, 1.82) is 0 Å². The van der Waals surface area contributed by atoms with Gasteiger partial charge in [-0.15, -0.1) is 0 Å². The maximum atomic E-state index is 5.55. The molecule has 1 aliphatic rings. The van der Waals surface area contributed by atoms with E-state index in [4.69, 9.17) is 9.26 Å². The van der Waals surface area contributed by atoms with Gasteiger partial charge in [0.25, 0.3) is 0 Å². The minimum absolute atomic E-state index is 0.636. The highest BCUT2D eigenvalue weighted by molar-refractivity contribution is 5.74. The van der Waals surface area contributed by atoms with Crippen molar-refractivity contribution in [1.82, 2.24) is 10.5 Å². The Morgan fingerprint density at radius 2 is 2.25 bits per heavy atom. The first-order chi connectivity index (χ1) is 9.69. The second-order valence-corrected chi connectivity index (χ2v) is 5.66. The number of aromatic nitrogens is 1. The van der Waals surface area contributed by atoms with Gasteiger partial charge in [0.05, 0.1) is 7.11 Å². The van der Waals surface area contributed by atoms with E-state index >= 15 is 0 Å². The number of rotatable bonds is 5. The standard InChI is InChI=1S/C16H20N2O2/c1-10(2)8-17-9-15-14-6-11-4-5-12(19-3)7-13(11)16(14)20-18-15/h4-5,7,10,17H,6,8-9H2,1-3H3. The third kappa shape index (κ3) is 2.31. The van der Waals surface area contributed by atoms with E-state index in [1.165, 1.54) is 11.1 Å². The van der Waals surface area contributed by atoms with E-state index in [-0.39, 0.29) is 0 Å². The van der Waals surface area contributed by atoms with Crippen LogP contribution in [0.1, 0.15) is 30.7 Å². The van der Waals surface area contributed by atoms with Crippen LogP contribution in [0.2, 0.25) is 0 Å². The van der Waals surface area contributed by atoms with Crippen molar-refractivity contribution >= 4 is 0 Å². The van der Waals surface area contributed by atoms with Crippen molar-refractivity contribution in [2.75, 3.05) is 13.7 Å². The molecule has 2 aromatic rings. The van der Waals surface area contributed by atoms with Crippen LogP contribution in [0.4, 0.5) is 0 Å². The Kier molecular flexibility index (Phi) is 3.49. The molecule has 1 aliphatic carbocycles. The van der Waals surface area contributed by atoms with Crippen molar-refractivity contribution < 1.29 is 9.26 Å². The minimum atomic E-state index is 0.636. The summed E-state index contributed by atoms with van der Waals surface area (Å²) in [5.41, 5.74) is 4.63. The maximum Gasteiger partial charge on any atom is 0.171 e. The summed E-state index contributed by atoms with van der Waals surface area (Å²) in [6, 6.07) is 6.13. The third-order valence-corrected chi connectivity index (χ3v) is 3.64. The van der Waals surface area contributed by atoms with E-state index in [9.17, 15) is 0 Å². The van der Waals surface area contributed by atoms with Crippen LogP contribution in [-0.2, 0) is 13.0 Å². The number of ether oxygens (including phenoxy) is 1. The Labute approximate surface area is 119 Å². The molecule has 4 heteroatoms. The van der Waals surface area contributed by atoms with E-state index in [1.807, 2.05) is 12.1 Å². The fraction of sp³-hybridized carbons (Fsp3) is 0.438. The second-order valence-electron chi connectivity index (χ2n) is 5.66. The van der Waals surface area contributed by atoms with Crippen LogP contribution in [0.25, 0.3) is 11.3 Å². The van der Waals surface area contributed by atoms with Crippen LogP contribution in [0.15, 0.2) is 22.7 Å². The van der Waals surface area contributed by atoms with Crippen molar-refractivity contribution in [2.45, 2.75) is 26.8 Å². The molecule has 1 aromatic carbocycles. The molecule has 0 fully saturated rings. The molecule has 1 heterocycles. The molecule has 1 N–H and O–H groups in total.